The van der Waals surface area contributed by atoms with Gasteiger partial charge in [-0.2, -0.15) is 13.2 Å². The van der Waals surface area contributed by atoms with Gasteiger partial charge in [0.25, 0.3) is 0 Å². The van der Waals surface area contributed by atoms with Crippen LogP contribution in [0.3, 0.4) is 0 Å². The molecule has 10 heteroatoms. The molecule has 37 heavy (non-hydrogen) atoms. The smallest absolute Gasteiger partial charge is 0.347 e. The molecule has 7 nitrogen and oxygen atoms in total. The zero-order chi connectivity index (χ0) is 27.2. The van der Waals surface area contributed by atoms with E-state index in [0.29, 0.717) is 30.6 Å². The summed E-state index contributed by atoms with van der Waals surface area (Å²) < 4.78 is 39.6. The first kappa shape index (κ1) is 26.9. The second kappa shape index (κ2) is 9.63. The van der Waals surface area contributed by atoms with Crippen LogP contribution in [0.15, 0.2) is 42.6 Å². The van der Waals surface area contributed by atoms with Crippen LogP contribution in [0.25, 0.3) is 0 Å². The number of amides is 3. The van der Waals surface area contributed by atoms with Gasteiger partial charge in [-0.1, -0.05) is 30.3 Å². The molecular formula is C27H34F3N5O2. The van der Waals surface area contributed by atoms with Crippen LogP contribution in [0.2, 0.25) is 0 Å². The monoisotopic (exact) mass is 517 g/mol. The highest BCUT2D eigenvalue weighted by atomic mass is 19.4. The van der Waals surface area contributed by atoms with Gasteiger partial charge in [0.05, 0.1) is 24.0 Å². The lowest BCUT2D eigenvalue weighted by Crippen LogP contribution is -2.57. The molecule has 4 rings (SSSR count). The molecule has 0 bridgehead atoms. The molecule has 1 aromatic carbocycles. The van der Waals surface area contributed by atoms with E-state index in [2.05, 4.69) is 36.1 Å². The molecule has 0 unspecified atom stereocenters. The number of carbonyl (C=O) groups excluding carboxylic acids is 2. The zero-order valence-electron chi connectivity index (χ0n) is 22.0. The highest BCUT2D eigenvalue weighted by Gasteiger charge is 2.55. The minimum absolute atomic E-state index is 0.0876. The van der Waals surface area contributed by atoms with E-state index < -0.39 is 17.4 Å². The van der Waals surface area contributed by atoms with E-state index >= 15 is 0 Å². The molecule has 0 radical (unpaired) electrons. The van der Waals surface area contributed by atoms with Gasteiger partial charge in [-0.3, -0.25) is 14.6 Å². The van der Waals surface area contributed by atoms with E-state index in [0.717, 1.165) is 25.1 Å². The second-order valence-corrected chi connectivity index (χ2v) is 10.6. The molecule has 1 saturated carbocycles. The number of carbonyl (C=O) groups is 2. The third-order valence-corrected chi connectivity index (χ3v) is 8.12. The molecule has 1 saturated heterocycles. The van der Waals surface area contributed by atoms with Gasteiger partial charge in [-0.15, -0.1) is 0 Å². The number of halogens is 3. The van der Waals surface area contributed by atoms with Crippen molar-refractivity contribution in [3.8, 4) is 0 Å². The summed E-state index contributed by atoms with van der Waals surface area (Å²) in [6, 6.07) is 10.9. The van der Waals surface area contributed by atoms with Gasteiger partial charge in [0.15, 0.2) is 0 Å². The van der Waals surface area contributed by atoms with E-state index in [-0.39, 0.29) is 24.0 Å². The maximum atomic E-state index is 13.8. The fourth-order valence-electron chi connectivity index (χ4n) is 5.78. The number of benzene rings is 1. The number of rotatable bonds is 5. The Kier molecular flexibility index (Phi) is 7.00. The quantitative estimate of drug-likeness (QED) is 0.586. The van der Waals surface area contributed by atoms with Crippen LogP contribution in [0.4, 0.5) is 23.7 Å². The summed E-state index contributed by atoms with van der Waals surface area (Å²) in [6.45, 7) is 1.75. The van der Waals surface area contributed by atoms with Crippen LogP contribution in [0.5, 0.6) is 0 Å². The van der Waals surface area contributed by atoms with Gasteiger partial charge in [0.2, 0.25) is 5.91 Å². The number of aromatic nitrogens is 1. The molecule has 1 aliphatic heterocycles. The van der Waals surface area contributed by atoms with Crippen molar-refractivity contribution >= 4 is 17.6 Å². The van der Waals surface area contributed by atoms with Crippen molar-refractivity contribution in [3.63, 3.8) is 0 Å². The third-order valence-electron chi connectivity index (χ3n) is 8.12. The summed E-state index contributed by atoms with van der Waals surface area (Å²) in [4.78, 5) is 36.9. The molecule has 1 spiro atoms. The summed E-state index contributed by atoms with van der Waals surface area (Å²) in [5.41, 5.74) is 0.0258. The van der Waals surface area contributed by atoms with Crippen molar-refractivity contribution in [2.75, 3.05) is 46.2 Å². The van der Waals surface area contributed by atoms with Gasteiger partial charge in [-0.05, 0) is 63.9 Å². The molecule has 2 aliphatic rings. The van der Waals surface area contributed by atoms with Crippen LogP contribution in [0, 0.1) is 6.92 Å². The topological polar surface area (TPSA) is 60.0 Å². The van der Waals surface area contributed by atoms with Crippen molar-refractivity contribution in [2.24, 2.45) is 0 Å². The number of hydrogen-bond acceptors (Lipinski definition) is 4. The minimum atomic E-state index is -4.57. The molecular weight excluding hydrogens is 483 g/mol. The van der Waals surface area contributed by atoms with E-state index in [9.17, 15) is 22.8 Å². The van der Waals surface area contributed by atoms with Crippen LogP contribution in [-0.4, -0.2) is 78.4 Å². The van der Waals surface area contributed by atoms with E-state index in [1.807, 2.05) is 18.2 Å². The minimum Gasteiger partial charge on any atom is -0.347 e. The maximum Gasteiger partial charge on any atom is 0.433 e. The Bertz CT molecular complexity index is 1160. The zero-order valence-corrected chi connectivity index (χ0v) is 22.0. The molecule has 0 atom stereocenters. The Morgan fingerprint density at radius 3 is 2.19 bits per heavy atom. The van der Waals surface area contributed by atoms with Gasteiger partial charge in [0.1, 0.15) is 12.2 Å². The second-order valence-electron chi connectivity index (χ2n) is 10.6. The SMILES string of the molecule is Cc1cc(C(F)(F)F)ncc1N1C[C@]2(CC[C@](c3ccccc3)(N(C)C)CC2)N(CC(=O)N(C)C)C1=O. The Hall–Kier alpha value is -3.14. The predicted octanol–water partition coefficient (Wildman–Crippen LogP) is 4.51. The molecule has 1 aromatic heterocycles. The molecule has 200 valence electrons. The molecule has 0 N–H and O–H groups in total. The van der Waals surface area contributed by atoms with Gasteiger partial charge < -0.3 is 9.80 Å². The summed E-state index contributed by atoms with van der Waals surface area (Å²) >= 11 is 0. The lowest BCUT2D eigenvalue weighted by molar-refractivity contribution is -0.141. The van der Waals surface area contributed by atoms with Gasteiger partial charge >= 0.3 is 12.2 Å². The van der Waals surface area contributed by atoms with Crippen LogP contribution >= 0.6 is 0 Å². The largest absolute Gasteiger partial charge is 0.433 e. The van der Waals surface area contributed by atoms with E-state index in [1.165, 1.54) is 15.4 Å². The highest BCUT2D eigenvalue weighted by molar-refractivity contribution is 5.98. The molecule has 2 aromatic rings. The summed E-state index contributed by atoms with van der Waals surface area (Å²) in [5, 5.41) is 0. The maximum absolute atomic E-state index is 13.8. The average molecular weight is 518 g/mol. The number of urea groups is 1. The van der Waals surface area contributed by atoms with Gasteiger partial charge in [-0.25, -0.2) is 9.78 Å². The molecule has 3 amide bonds. The first-order valence-electron chi connectivity index (χ1n) is 12.4. The first-order chi connectivity index (χ1) is 17.3. The van der Waals surface area contributed by atoms with Crippen molar-refractivity contribution in [3.05, 3.63) is 59.4 Å². The summed E-state index contributed by atoms with van der Waals surface area (Å²) in [6.07, 6.45) is -0.617. The van der Waals surface area contributed by atoms with Crippen molar-refractivity contribution in [1.29, 1.82) is 0 Å². The number of aryl methyl sites for hydroxylation is 1. The van der Waals surface area contributed by atoms with E-state index in [4.69, 9.17) is 0 Å². The average Bonchev–Trinajstić information content (AvgIpc) is 3.10. The Balaban J connectivity index is 1.69. The third kappa shape index (κ3) is 4.79. The van der Waals surface area contributed by atoms with Crippen molar-refractivity contribution < 1.29 is 22.8 Å². The Morgan fingerprint density at radius 2 is 1.68 bits per heavy atom. The molecule has 2 heterocycles. The van der Waals surface area contributed by atoms with Gasteiger partial charge in [0, 0.05) is 19.6 Å². The molecule has 1 aliphatic carbocycles. The summed E-state index contributed by atoms with van der Waals surface area (Å²) in [7, 11) is 7.40. The number of nitrogens with zero attached hydrogens (tertiary/aromatic N) is 5. The number of pyridine rings is 1. The summed E-state index contributed by atoms with van der Waals surface area (Å²) in [5.74, 6) is -0.204. The standard InChI is InChI=1S/C27H34F3N5O2/c1-19-15-22(27(28,29)30)31-16-21(19)34-18-25(35(24(34)37)17-23(36)32(2)3)11-13-26(14-12-25,33(4)5)20-9-7-6-8-10-20/h6-10,15-16H,11-14,17-18H2,1-5H3/t25-,26+. The Labute approximate surface area is 215 Å². The van der Waals surface area contributed by atoms with Crippen molar-refractivity contribution in [2.45, 2.75) is 49.9 Å². The number of likely N-dealkylation sites (N-methyl/N-ethyl adjacent to an activating group) is 1. The number of hydrogen-bond donors (Lipinski definition) is 0. The molecule has 2 fully saturated rings. The fraction of sp³-hybridized carbons (Fsp3) is 0.519. The van der Waals surface area contributed by atoms with E-state index in [1.54, 1.807) is 25.9 Å². The Morgan fingerprint density at radius 1 is 1.05 bits per heavy atom. The normalized spacial score (nSPS) is 24.3. The predicted molar refractivity (Wildman–Crippen MR) is 135 cm³/mol. The number of anilines is 1. The van der Waals surface area contributed by atoms with Crippen LogP contribution in [-0.2, 0) is 16.5 Å². The fourth-order valence-corrected chi connectivity index (χ4v) is 5.78. The van der Waals surface area contributed by atoms with Crippen LogP contribution in [0.1, 0.15) is 42.5 Å². The lowest BCUT2D eigenvalue weighted by atomic mass is 9.68. The lowest BCUT2D eigenvalue weighted by Gasteiger charge is -2.51. The van der Waals surface area contributed by atoms with Crippen LogP contribution < -0.4 is 4.90 Å². The highest BCUT2D eigenvalue weighted by Crippen LogP contribution is 2.49. The first-order valence-corrected chi connectivity index (χ1v) is 12.4. The number of alkyl halides is 3. The van der Waals surface area contributed by atoms with Crippen molar-refractivity contribution in [1.82, 2.24) is 19.7 Å².